The second kappa shape index (κ2) is 7.07. The molecule has 0 heterocycles. The number of benzene rings is 1. The van der Waals surface area contributed by atoms with E-state index < -0.39 is 0 Å². The molecule has 0 spiro atoms. The Morgan fingerprint density at radius 2 is 2.29 bits per heavy atom. The first-order valence-corrected chi connectivity index (χ1v) is 5.88. The van der Waals surface area contributed by atoms with Crippen molar-refractivity contribution in [1.29, 1.82) is 0 Å². The predicted octanol–water partition coefficient (Wildman–Crippen LogP) is 2.93. The number of likely N-dealkylation sites (N-methyl/N-ethyl adjacent to an activating group) is 1. The smallest absolute Gasteiger partial charge is 0.165 e. The van der Waals surface area contributed by atoms with Crippen molar-refractivity contribution in [2.75, 3.05) is 13.7 Å². The lowest BCUT2D eigenvalue weighted by Gasteiger charge is -2.16. The van der Waals surface area contributed by atoms with E-state index in [1.54, 1.807) is 6.07 Å². The van der Waals surface area contributed by atoms with E-state index in [2.05, 4.69) is 18.8 Å². The molecule has 1 atom stereocenters. The molecule has 94 valence electrons. The standard InChI is InChI=1S/C14H20FNO/c1-4-6-12(16-5-2)9-11-7-8-14(17-3)13(15)10-11/h4,7-8,10,12,16H,1,5-6,9H2,2-3H3. The van der Waals surface area contributed by atoms with E-state index in [0.29, 0.717) is 6.04 Å². The number of methoxy groups -OCH3 is 1. The van der Waals surface area contributed by atoms with Gasteiger partial charge in [0.15, 0.2) is 11.6 Å². The van der Waals surface area contributed by atoms with Crippen molar-refractivity contribution in [3.63, 3.8) is 0 Å². The van der Waals surface area contributed by atoms with E-state index in [1.165, 1.54) is 13.2 Å². The van der Waals surface area contributed by atoms with Crippen molar-refractivity contribution in [1.82, 2.24) is 5.32 Å². The summed E-state index contributed by atoms with van der Waals surface area (Å²) in [6.45, 7) is 6.70. The van der Waals surface area contributed by atoms with E-state index in [1.807, 2.05) is 12.1 Å². The molecule has 0 amide bonds. The Hall–Kier alpha value is -1.35. The van der Waals surface area contributed by atoms with Crippen LogP contribution in [-0.4, -0.2) is 19.7 Å². The highest BCUT2D eigenvalue weighted by Gasteiger charge is 2.09. The van der Waals surface area contributed by atoms with Crippen LogP contribution in [0.4, 0.5) is 4.39 Å². The van der Waals surface area contributed by atoms with Crippen molar-refractivity contribution >= 4 is 0 Å². The molecule has 1 aromatic rings. The third-order valence-electron chi connectivity index (χ3n) is 2.64. The molecular formula is C14H20FNO. The van der Waals surface area contributed by atoms with Crippen LogP contribution in [0.15, 0.2) is 30.9 Å². The first kappa shape index (κ1) is 13.7. The van der Waals surface area contributed by atoms with Gasteiger partial charge in [0.2, 0.25) is 0 Å². The van der Waals surface area contributed by atoms with Crippen LogP contribution >= 0.6 is 0 Å². The number of ether oxygens (including phenoxy) is 1. The van der Waals surface area contributed by atoms with Crippen LogP contribution < -0.4 is 10.1 Å². The topological polar surface area (TPSA) is 21.3 Å². The van der Waals surface area contributed by atoms with Gasteiger partial charge in [-0.2, -0.15) is 0 Å². The Labute approximate surface area is 102 Å². The molecule has 2 nitrogen and oxygen atoms in total. The van der Waals surface area contributed by atoms with Crippen LogP contribution in [0.25, 0.3) is 0 Å². The summed E-state index contributed by atoms with van der Waals surface area (Å²) >= 11 is 0. The normalized spacial score (nSPS) is 12.2. The molecule has 0 fully saturated rings. The molecule has 1 N–H and O–H groups in total. The second-order valence-corrected chi connectivity index (χ2v) is 3.95. The Kier molecular flexibility index (Phi) is 5.70. The molecule has 0 saturated heterocycles. The summed E-state index contributed by atoms with van der Waals surface area (Å²) in [6, 6.07) is 5.41. The third kappa shape index (κ3) is 4.19. The van der Waals surface area contributed by atoms with Crippen molar-refractivity contribution in [2.45, 2.75) is 25.8 Å². The highest BCUT2D eigenvalue weighted by molar-refractivity contribution is 5.29. The molecule has 1 rings (SSSR count). The van der Waals surface area contributed by atoms with Gasteiger partial charge in [-0.3, -0.25) is 0 Å². The van der Waals surface area contributed by atoms with Crippen LogP contribution in [0.5, 0.6) is 5.75 Å². The van der Waals surface area contributed by atoms with Gasteiger partial charge < -0.3 is 10.1 Å². The van der Waals surface area contributed by atoms with Gasteiger partial charge in [0, 0.05) is 6.04 Å². The van der Waals surface area contributed by atoms with Crippen molar-refractivity contribution in [3.8, 4) is 5.75 Å². The summed E-state index contributed by atoms with van der Waals surface area (Å²) in [7, 11) is 1.47. The van der Waals surface area contributed by atoms with E-state index in [0.717, 1.165) is 24.9 Å². The minimum absolute atomic E-state index is 0.289. The minimum Gasteiger partial charge on any atom is -0.494 e. The molecular weight excluding hydrogens is 217 g/mol. The lowest BCUT2D eigenvalue weighted by molar-refractivity contribution is 0.386. The maximum absolute atomic E-state index is 13.5. The van der Waals surface area contributed by atoms with Gasteiger partial charge in [-0.25, -0.2) is 4.39 Å². The first-order chi connectivity index (χ1) is 8.21. The zero-order valence-corrected chi connectivity index (χ0v) is 10.5. The summed E-state index contributed by atoms with van der Waals surface area (Å²) in [5, 5.41) is 3.36. The molecule has 17 heavy (non-hydrogen) atoms. The highest BCUT2D eigenvalue weighted by atomic mass is 19.1. The van der Waals surface area contributed by atoms with Crippen LogP contribution in [0.1, 0.15) is 18.9 Å². The SMILES string of the molecule is C=CCC(Cc1ccc(OC)c(F)c1)NCC. The summed E-state index contributed by atoms with van der Waals surface area (Å²) in [5.41, 5.74) is 0.969. The Bertz CT molecular complexity index is 365. The number of rotatable bonds is 7. The van der Waals surface area contributed by atoms with Gasteiger partial charge in [-0.15, -0.1) is 6.58 Å². The average Bonchev–Trinajstić information content (AvgIpc) is 2.30. The van der Waals surface area contributed by atoms with Gasteiger partial charge in [0.05, 0.1) is 7.11 Å². The molecule has 3 heteroatoms. The fourth-order valence-corrected chi connectivity index (χ4v) is 1.85. The van der Waals surface area contributed by atoms with Gasteiger partial charge in [-0.1, -0.05) is 19.1 Å². The maximum Gasteiger partial charge on any atom is 0.165 e. The van der Waals surface area contributed by atoms with Crippen LogP contribution in [0, 0.1) is 5.82 Å². The fourth-order valence-electron chi connectivity index (χ4n) is 1.85. The van der Waals surface area contributed by atoms with Crippen molar-refractivity contribution in [3.05, 3.63) is 42.2 Å². The van der Waals surface area contributed by atoms with Gasteiger partial charge in [0.1, 0.15) is 0 Å². The quantitative estimate of drug-likeness (QED) is 0.736. The van der Waals surface area contributed by atoms with Crippen LogP contribution in [-0.2, 0) is 6.42 Å². The Balaban J connectivity index is 2.71. The molecule has 1 unspecified atom stereocenters. The summed E-state index contributed by atoms with van der Waals surface area (Å²) in [5.74, 6) is -0.0173. The lowest BCUT2D eigenvalue weighted by Crippen LogP contribution is -2.30. The predicted molar refractivity (Wildman–Crippen MR) is 68.9 cm³/mol. The van der Waals surface area contributed by atoms with Crippen LogP contribution in [0.2, 0.25) is 0 Å². The van der Waals surface area contributed by atoms with E-state index in [-0.39, 0.29) is 11.6 Å². The summed E-state index contributed by atoms with van der Waals surface area (Å²) in [6.07, 6.45) is 3.55. The monoisotopic (exact) mass is 237 g/mol. The molecule has 0 saturated carbocycles. The minimum atomic E-state index is -0.307. The molecule has 0 radical (unpaired) electrons. The molecule has 0 bridgehead atoms. The largest absolute Gasteiger partial charge is 0.494 e. The number of nitrogens with one attached hydrogen (secondary N) is 1. The zero-order valence-electron chi connectivity index (χ0n) is 10.5. The van der Waals surface area contributed by atoms with Crippen molar-refractivity contribution in [2.24, 2.45) is 0 Å². The van der Waals surface area contributed by atoms with Gasteiger partial charge in [0.25, 0.3) is 0 Å². The molecule has 0 aliphatic heterocycles. The zero-order chi connectivity index (χ0) is 12.7. The second-order valence-electron chi connectivity index (χ2n) is 3.95. The van der Waals surface area contributed by atoms with Gasteiger partial charge in [-0.05, 0) is 37.1 Å². The Morgan fingerprint density at radius 3 is 2.82 bits per heavy atom. The Morgan fingerprint density at radius 1 is 1.53 bits per heavy atom. The first-order valence-electron chi connectivity index (χ1n) is 5.88. The number of hydrogen-bond acceptors (Lipinski definition) is 2. The number of hydrogen-bond donors (Lipinski definition) is 1. The van der Waals surface area contributed by atoms with Crippen molar-refractivity contribution < 1.29 is 9.13 Å². The number of halogens is 1. The average molecular weight is 237 g/mol. The van der Waals surface area contributed by atoms with Gasteiger partial charge >= 0.3 is 0 Å². The van der Waals surface area contributed by atoms with E-state index >= 15 is 0 Å². The van der Waals surface area contributed by atoms with Crippen LogP contribution in [0.3, 0.4) is 0 Å². The third-order valence-corrected chi connectivity index (χ3v) is 2.64. The fraction of sp³-hybridized carbons (Fsp3) is 0.429. The molecule has 0 aromatic heterocycles. The highest BCUT2D eigenvalue weighted by Crippen LogP contribution is 2.19. The summed E-state index contributed by atoms with van der Waals surface area (Å²) in [4.78, 5) is 0. The van der Waals surface area contributed by atoms with E-state index in [4.69, 9.17) is 4.74 Å². The summed E-state index contributed by atoms with van der Waals surface area (Å²) < 4.78 is 18.4. The maximum atomic E-state index is 13.5. The molecule has 0 aliphatic rings. The molecule has 1 aromatic carbocycles. The van der Waals surface area contributed by atoms with E-state index in [9.17, 15) is 4.39 Å². The lowest BCUT2D eigenvalue weighted by atomic mass is 10.0. The molecule has 0 aliphatic carbocycles.